The van der Waals surface area contributed by atoms with Crippen LogP contribution in [-0.4, -0.2) is 47.4 Å². The van der Waals surface area contributed by atoms with Gasteiger partial charge in [0.2, 0.25) is 5.91 Å². The minimum absolute atomic E-state index is 0.00662. The normalized spacial score (nSPS) is 12.6. The number of hydrogen-bond acceptors (Lipinski definition) is 5. The van der Waals surface area contributed by atoms with Crippen molar-refractivity contribution in [2.75, 3.05) is 13.2 Å². The predicted octanol–water partition coefficient (Wildman–Crippen LogP) is 26.2. The summed E-state index contributed by atoms with van der Waals surface area (Å²) in [5.74, 6) is -0.0226. The minimum Gasteiger partial charge on any atom is -0.466 e. The molecule has 514 valence electrons. The van der Waals surface area contributed by atoms with E-state index in [0.717, 1.165) is 51.4 Å². The molecule has 3 N–H and O–H groups in total. The van der Waals surface area contributed by atoms with Crippen LogP contribution in [0.15, 0.2) is 36.5 Å². The number of hydrogen-bond donors (Lipinski definition) is 3. The van der Waals surface area contributed by atoms with Gasteiger partial charge in [-0.05, 0) is 83.5 Å². The number of esters is 1. The van der Waals surface area contributed by atoms with Crippen molar-refractivity contribution >= 4 is 11.9 Å². The second kappa shape index (κ2) is 76.5. The highest BCUT2D eigenvalue weighted by Gasteiger charge is 2.20. The molecule has 0 saturated heterocycles. The van der Waals surface area contributed by atoms with Crippen molar-refractivity contribution in [3.63, 3.8) is 0 Å². The molecule has 1 amide bonds. The zero-order valence-electron chi connectivity index (χ0n) is 59.0. The average molecular weight is 1220 g/mol. The number of amides is 1. The first-order valence-corrected chi connectivity index (χ1v) is 39.7. The molecule has 0 heterocycles. The molecule has 0 aliphatic rings. The molecule has 0 rings (SSSR count). The molecule has 0 radical (unpaired) electrons. The number of aliphatic hydroxyl groups is 2. The third kappa shape index (κ3) is 73.0. The Bertz CT molecular complexity index is 1410. The minimum atomic E-state index is -0.666. The zero-order valence-corrected chi connectivity index (χ0v) is 59.0. The van der Waals surface area contributed by atoms with Crippen LogP contribution in [0.25, 0.3) is 0 Å². The van der Waals surface area contributed by atoms with Crippen molar-refractivity contribution in [2.45, 2.75) is 456 Å². The fourth-order valence-corrected chi connectivity index (χ4v) is 12.6. The molecule has 0 aliphatic carbocycles. The quantitative estimate of drug-likeness (QED) is 0.0320. The van der Waals surface area contributed by atoms with Crippen LogP contribution in [0, 0.1) is 0 Å². The highest BCUT2D eigenvalue weighted by molar-refractivity contribution is 5.76. The van der Waals surface area contributed by atoms with Crippen LogP contribution in [0.2, 0.25) is 0 Å². The van der Waals surface area contributed by atoms with E-state index in [1.807, 2.05) is 0 Å². The highest BCUT2D eigenvalue weighted by atomic mass is 16.5. The van der Waals surface area contributed by atoms with Gasteiger partial charge in [-0.25, -0.2) is 0 Å². The molecule has 2 unspecified atom stereocenters. The summed E-state index contributed by atoms with van der Waals surface area (Å²) in [5, 5.41) is 23.5. The van der Waals surface area contributed by atoms with Crippen molar-refractivity contribution < 1.29 is 24.5 Å². The number of unbranched alkanes of at least 4 members (excludes halogenated alkanes) is 58. The lowest BCUT2D eigenvalue weighted by molar-refractivity contribution is -0.143. The molecule has 6 heteroatoms. The van der Waals surface area contributed by atoms with Gasteiger partial charge in [-0.1, -0.05) is 384 Å². The Morgan fingerprint density at radius 3 is 0.885 bits per heavy atom. The number of allylic oxidation sites excluding steroid dienone is 6. The zero-order chi connectivity index (χ0) is 62.8. The Hall–Kier alpha value is -1.92. The monoisotopic (exact) mass is 1220 g/mol. The summed E-state index contributed by atoms with van der Waals surface area (Å²) in [4.78, 5) is 24.7. The average Bonchev–Trinajstić information content (AvgIpc) is 3.52. The number of carbonyl (C=O) groups is 2. The second-order valence-corrected chi connectivity index (χ2v) is 27.4. The van der Waals surface area contributed by atoms with E-state index >= 15 is 0 Å². The van der Waals surface area contributed by atoms with Gasteiger partial charge in [-0.2, -0.15) is 0 Å². The van der Waals surface area contributed by atoms with Gasteiger partial charge in [0.05, 0.1) is 25.4 Å². The fraction of sp³-hybridized carbons (Fsp3) is 0.901. The molecule has 0 aromatic carbocycles. The Morgan fingerprint density at radius 2 is 0.575 bits per heavy atom. The number of rotatable bonds is 75. The third-order valence-corrected chi connectivity index (χ3v) is 18.7. The lowest BCUT2D eigenvalue weighted by Gasteiger charge is -2.22. The van der Waals surface area contributed by atoms with Crippen molar-refractivity contribution in [1.82, 2.24) is 5.32 Å². The Labute approximate surface area is 544 Å². The van der Waals surface area contributed by atoms with Crippen LogP contribution in [0.5, 0.6) is 0 Å². The molecular formula is C81H155NO5. The molecule has 0 aromatic rings. The standard InChI is InChI=1S/C81H155NO5/c1-3-5-7-9-11-13-15-17-19-21-22-23-33-36-39-42-45-49-53-57-61-65-69-73-79(84)78(77-83)82-80(85)74-70-66-62-58-54-50-46-43-40-37-34-31-29-27-25-24-26-28-30-32-35-38-41-44-48-52-56-60-64-68-72-76-87-81(86)75-71-67-63-59-55-51-47-20-18-16-14-12-10-8-6-4-2/h20,26,28,32,35,47,78-79,83-84H,3-19,21-25,27,29-31,33-34,36-46,48-77H2,1-2H3,(H,82,85)/b28-26-,35-32-,47-20-. The SMILES string of the molecule is CCCCCCCCC/C=C\CCCCCCCC(=O)OCCCCCCCCCCC/C=C\C/C=C\CCCCCCCCCCCCCCCCCC(=O)NC(CO)C(O)CCCCCCCCCCCCCCCCCCCCCCCCC. The van der Waals surface area contributed by atoms with Crippen LogP contribution in [0.3, 0.4) is 0 Å². The molecule has 0 bridgehead atoms. The van der Waals surface area contributed by atoms with E-state index in [1.165, 1.54) is 360 Å². The first kappa shape index (κ1) is 85.1. The first-order valence-electron chi connectivity index (χ1n) is 39.7. The fourth-order valence-electron chi connectivity index (χ4n) is 12.6. The summed E-state index contributed by atoms with van der Waals surface area (Å²) in [7, 11) is 0. The largest absolute Gasteiger partial charge is 0.466 e. The molecule has 0 fully saturated rings. The Morgan fingerprint density at radius 1 is 0.322 bits per heavy atom. The van der Waals surface area contributed by atoms with Gasteiger partial charge in [0.25, 0.3) is 0 Å². The van der Waals surface area contributed by atoms with Crippen molar-refractivity contribution in [1.29, 1.82) is 0 Å². The lowest BCUT2D eigenvalue weighted by atomic mass is 10.0. The maximum Gasteiger partial charge on any atom is 0.305 e. The summed E-state index contributed by atoms with van der Waals surface area (Å²) < 4.78 is 5.50. The van der Waals surface area contributed by atoms with Gasteiger partial charge in [-0.3, -0.25) is 9.59 Å². The predicted molar refractivity (Wildman–Crippen MR) is 384 cm³/mol. The molecule has 0 aliphatic heterocycles. The van der Waals surface area contributed by atoms with E-state index in [-0.39, 0.29) is 18.5 Å². The molecule has 0 spiro atoms. The summed E-state index contributed by atoms with van der Waals surface area (Å²) in [6.45, 7) is 4.99. The van der Waals surface area contributed by atoms with Crippen LogP contribution in [0.1, 0.15) is 444 Å². The number of aliphatic hydroxyl groups excluding tert-OH is 2. The van der Waals surface area contributed by atoms with E-state index < -0.39 is 12.1 Å². The highest BCUT2D eigenvalue weighted by Crippen LogP contribution is 2.20. The molecule has 2 atom stereocenters. The molecular weight excluding hydrogens is 1070 g/mol. The summed E-state index contributed by atoms with van der Waals surface area (Å²) in [6, 6.07) is -0.543. The summed E-state index contributed by atoms with van der Waals surface area (Å²) in [5.41, 5.74) is 0. The number of ether oxygens (including phenoxy) is 1. The number of nitrogens with one attached hydrogen (secondary N) is 1. The van der Waals surface area contributed by atoms with E-state index in [4.69, 9.17) is 4.74 Å². The van der Waals surface area contributed by atoms with Crippen LogP contribution >= 0.6 is 0 Å². The van der Waals surface area contributed by atoms with E-state index in [2.05, 4.69) is 55.6 Å². The van der Waals surface area contributed by atoms with Gasteiger partial charge in [0.15, 0.2) is 0 Å². The number of carbonyl (C=O) groups excluding carboxylic acids is 2. The van der Waals surface area contributed by atoms with E-state index in [9.17, 15) is 19.8 Å². The molecule has 0 saturated carbocycles. The van der Waals surface area contributed by atoms with Crippen molar-refractivity contribution in [3.05, 3.63) is 36.5 Å². The maximum atomic E-state index is 12.6. The third-order valence-electron chi connectivity index (χ3n) is 18.7. The van der Waals surface area contributed by atoms with Gasteiger partial charge in [0.1, 0.15) is 0 Å². The smallest absolute Gasteiger partial charge is 0.305 e. The summed E-state index contributed by atoms with van der Waals surface area (Å²) in [6.07, 6.45) is 99.4. The van der Waals surface area contributed by atoms with Crippen LogP contribution < -0.4 is 5.32 Å². The maximum absolute atomic E-state index is 12.6. The molecule has 87 heavy (non-hydrogen) atoms. The van der Waals surface area contributed by atoms with Gasteiger partial charge >= 0.3 is 5.97 Å². The Kier molecular flexibility index (Phi) is 74.8. The van der Waals surface area contributed by atoms with Crippen molar-refractivity contribution in [3.8, 4) is 0 Å². The molecule has 0 aromatic heterocycles. The van der Waals surface area contributed by atoms with Crippen LogP contribution in [0.4, 0.5) is 0 Å². The van der Waals surface area contributed by atoms with E-state index in [1.54, 1.807) is 0 Å². The lowest BCUT2D eigenvalue weighted by Crippen LogP contribution is -2.45. The van der Waals surface area contributed by atoms with Gasteiger partial charge in [-0.15, -0.1) is 0 Å². The molecule has 6 nitrogen and oxygen atoms in total. The van der Waals surface area contributed by atoms with Crippen molar-refractivity contribution in [2.24, 2.45) is 0 Å². The Balaban J connectivity index is 3.39. The topological polar surface area (TPSA) is 95.9 Å². The van der Waals surface area contributed by atoms with Gasteiger partial charge in [0, 0.05) is 12.8 Å². The second-order valence-electron chi connectivity index (χ2n) is 27.4. The summed E-state index contributed by atoms with van der Waals surface area (Å²) >= 11 is 0. The van der Waals surface area contributed by atoms with Crippen LogP contribution in [-0.2, 0) is 14.3 Å². The van der Waals surface area contributed by atoms with E-state index in [0.29, 0.717) is 25.9 Å². The first-order chi connectivity index (χ1) is 43.0. The van der Waals surface area contributed by atoms with Gasteiger partial charge < -0.3 is 20.3 Å².